The van der Waals surface area contributed by atoms with Crippen LogP contribution in [0.3, 0.4) is 0 Å². The molecule has 1 atom stereocenters. The third-order valence-corrected chi connectivity index (χ3v) is 2.77. The highest BCUT2D eigenvalue weighted by Crippen LogP contribution is 2.44. The second-order valence-corrected chi connectivity index (χ2v) is 3.38. The van der Waals surface area contributed by atoms with Crippen molar-refractivity contribution in [3.05, 3.63) is 5.56 Å². The van der Waals surface area contributed by atoms with Crippen molar-refractivity contribution in [3.63, 3.8) is 0 Å². The van der Waals surface area contributed by atoms with Crippen molar-refractivity contribution < 1.29 is 19.7 Å². The van der Waals surface area contributed by atoms with Crippen molar-refractivity contribution in [2.45, 2.75) is 6.92 Å². The van der Waals surface area contributed by atoms with Gasteiger partial charge in [0.2, 0.25) is 11.5 Å². The summed E-state index contributed by atoms with van der Waals surface area (Å²) in [6, 6.07) is 0. The molecule has 1 aromatic carbocycles. The number of rotatable bonds is 2. The van der Waals surface area contributed by atoms with E-state index in [4.69, 9.17) is 9.47 Å². The number of benzene rings is 1. The van der Waals surface area contributed by atoms with Crippen LogP contribution in [0.4, 0.5) is 0 Å². The summed E-state index contributed by atoms with van der Waals surface area (Å²) >= 11 is 0. The van der Waals surface area contributed by atoms with E-state index in [1.165, 1.54) is 14.2 Å². The predicted octanol–water partition coefficient (Wildman–Crippen LogP) is 0.924. The van der Waals surface area contributed by atoms with Crippen LogP contribution in [-0.2, 0) is 0 Å². The van der Waals surface area contributed by atoms with E-state index in [0.717, 1.165) is 0 Å². The minimum absolute atomic E-state index is 0.0212. The lowest BCUT2D eigenvalue weighted by Gasteiger charge is -2.15. The molecule has 14 heavy (non-hydrogen) atoms. The lowest BCUT2D eigenvalue weighted by Crippen LogP contribution is -2.03. The molecule has 0 aliphatic heterocycles. The Balaban J connectivity index is 3.57. The van der Waals surface area contributed by atoms with E-state index >= 15 is 0 Å². The zero-order valence-electron chi connectivity index (χ0n) is 8.29. The number of hydrogen-bond acceptors (Lipinski definition) is 4. The van der Waals surface area contributed by atoms with E-state index < -0.39 is 0 Å². The third kappa shape index (κ3) is 1.46. The topological polar surface area (TPSA) is 58.9 Å². The standard InChI is InChI=1S/C9H13O4P/c1-4-5(10)7(12-2)8(13-3)6(11)9(4)14/h10-11H,14H2,1-3H3. The highest BCUT2D eigenvalue weighted by molar-refractivity contribution is 7.28. The Morgan fingerprint density at radius 2 is 1.43 bits per heavy atom. The molecule has 0 fully saturated rings. The molecule has 0 bridgehead atoms. The molecule has 0 saturated heterocycles. The molecule has 0 aromatic heterocycles. The molecule has 2 N–H and O–H groups in total. The summed E-state index contributed by atoms with van der Waals surface area (Å²) < 4.78 is 9.87. The van der Waals surface area contributed by atoms with Crippen LogP contribution in [0.15, 0.2) is 0 Å². The maximum absolute atomic E-state index is 9.69. The average Bonchev–Trinajstić information content (AvgIpc) is 2.20. The van der Waals surface area contributed by atoms with E-state index in [1.54, 1.807) is 6.92 Å². The van der Waals surface area contributed by atoms with Gasteiger partial charge in [-0.2, -0.15) is 0 Å². The lowest BCUT2D eigenvalue weighted by atomic mass is 10.1. The van der Waals surface area contributed by atoms with Crippen LogP contribution in [0.1, 0.15) is 5.56 Å². The zero-order valence-corrected chi connectivity index (χ0v) is 9.44. The highest BCUT2D eigenvalue weighted by Gasteiger charge is 2.20. The van der Waals surface area contributed by atoms with Gasteiger partial charge in [-0.05, 0) is 6.92 Å². The maximum Gasteiger partial charge on any atom is 0.207 e. The quantitative estimate of drug-likeness (QED) is 0.570. The molecule has 1 rings (SSSR count). The van der Waals surface area contributed by atoms with Gasteiger partial charge in [-0.15, -0.1) is 9.24 Å². The van der Waals surface area contributed by atoms with Crippen LogP contribution in [0, 0.1) is 6.92 Å². The Morgan fingerprint density at radius 1 is 1.00 bits per heavy atom. The Kier molecular flexibility index (Phi) is 3.06. The number of phenolic OH excluding ortho intramolecular Hbond substituents is 2. The van der Waals surface area contributed by atoms with E-state index in [2.05, 4.69) is 9.24 Å². The molecule has 1 unspecified atom stereocenters. The second-order valence-electron chi connectivity index (χ2n) is 2.80. The Labute approximate surface area is 84.7 Å². The van der Waals surface area contributed by atoms with Gasteiger partial charge in [0.15, 0.2) is 11.5 Å². The number of aromatic hydroxyl groups is 2. The molecule has 0 aliphatic rings. The van der Waals surface area contributed by atoms with Crippen molar-refractivity contribution in [1.82, 2.24) is 0 Å². The van der Waals surface area contributed by atoms with E-state index in [-0.39, 0.29) is 23.0 Å². The molecule has 5 heteroatoms. The summed E-state index contributed by atoms with van der Waals surface area (Å²) in [6.07, 6.45) is 0. The number of phenols is 2. The van der Waals surface area contributed by atoms with Crippen LogP contribution in [0.25, 0.3) is 0 Å². The molecule has 4 nitrogen and oxygen atoms in total. The summed E-state index contributed by atoms with van der Waals surface area (Å²) in [4.78, 5) is 0. The van der Waals surface area contributed by atoms with E-state index in [9.17, 15) is 10.2 Å². The number of hydrogen-bond donors (Lipinski definition) is 2. The van der Waals surface area contributed by atoms with Gasteiger partial charge in [-0.1, -0.05) is 0 Å². The SMILES string of the molecule is COc1c(O)c(C)c(P)c(O)c1OC. The number of ether oxygens (including phenoxy) is 2. The monoisotopic (exact) mass is 216 g/mol. The summed E-state index contributed by atoms with van der Waals surface area (Å²) in [5, 5.41) is 19.9. The normalized spacial score (nSPS) is 10.0. The molecular formula is C9H13O4P. The van der Waals surface area contributed by atoms with Gasteiger partial charge in [0.25, 0.3) is 0 Å². The van der Waals surface area contributed by atoms with E-state index in [0.29, 0.717) is 10.9 Å². The number of methoxy groups -OCH3 is 2. The largest absolute Gasteiger partial charge is 0.504 e. The summed E-state index contributed by atoms with van der Waals surface area (Å²) in [5.74, 6) is 0.228. The van der Waals surface area contributed by atoms with Gasteiger partial charge in [-0.3, -0.25) is 0 Å². The molecule has 0 radical (unpaired) electrons. The molecule has 0 heterocycles. The van der Waals surface area contributed by atoms with Crippen LogP contribution >= 0.6 is 9.24 Å². The summed E-state index contributed by atoms with van der Waals surface area (Å²) in [6.45, 7) is 1.68. The first-order chi connectivity index (χ1) is 6.54. The fourth-order valence-corrected chi connectivity index (χ4v) is 1.46. The Hall–Kier alpha value is -1.15. The van der Waals surface area contributed by atoms with Gasteiger partial charge in [0.05, 0.1) is 14.2 Å². The van der Waals surface area contributed by atoms with Crippen LogP contribution in [0.2, 0.25) is 0 Å². The van der Waals surface area contributed by atoms with Crippen molar-refractivity contribution in [2.24, 2.45) is 0 Å². The van der Waals surface area contributed by atoms with Crippen LogP contribution in [-0.4, -0.2) is 24.4 Å². The minimum atomic E-state index is -0.0374. The Morgan fingerprint density at radius 3 is 1.86 bits per heavy atom. The molecule has 0 aliphatic carbocycles. The van der Waals surface area contributed by atoms with Crippen molar-refractivity contribution in [2.75, 3.05) is 14.2 Å². The van der Waals surface area contributed by atoms with Crippen LogP contribution < -0.4 is 14.8 Å². The Bertz CT molecular complexity index is 328. The van der Waals surface area contributed by atoms with Crippen LogP contribution in [0.5, 0.6) is 23.0 Å². The molecule has 0 amide bonds. The fourth-order valence-electron chi connectivity index (χ4n) is 1.19. The van der Waals surface area contributed by atoms with Gasteiger partial charge >= 0.3 is 0 Å². The predicted molar refractivity (Wildman–Crippen MR) is 57.0 cm³/mol. The van der Waals surface area contributed by atoms with Gasteiger partial charge in [0.1, 0.15) is 0 Å². The maximum atomic E-state index is 9.69. The molecule has 78 valence electrons. The molecular weight excluding hydrogens is 203 g/mol. The molecule has 0 saturated carbocycles. The summed E-state index contributed by atoms with van der Waals surface area (Å²) in [5.41, 5.74) is 0.546. The highest BCUT2D eigenvalue weighted by atomic mass is 31.0. The summed E-state index contributed by atoms with van der Waals surface area (Å²) in [7, 11) is 5.14. The second kappa shape index (κ2) is 3.93. The van der Waals surface area contributed by atoms with Crippen molar-refractivity contribution in [3.8, 4) is 23.0 Å². The molecule has 1 aromatic rings. The van der Waals surface area contributed by atoms with Gasteiger partial charge in [0, 0.05) is 10.9 Å². The minimum Gasteiger partial charge on any atom is -0.504 e. The van der Waals surface area contributed by atoms with Gasteiger partial charge < -0.3 is 19.7 Å². The smallest absolute Gasteiger partial charge is 0.207 e. The lowest BCUT2D eigenvalue weighted by molar-refractivity contribution is 0.317. The van der Waals surface area contributed by atoms with Crippen molar-refractivity contribution >= 4 is 14.5 Å². The van der Waals surface area contributed by atoms with Gasteiger partial charge in [-0.25, -0.2) is 0 Å². The molecule has 0 spiro atoms. The average molecular weight is 216 g/mol. The first-order valence-corrected chi connectivity index (χ1v) is 4.54. The van der Waals surface area contributed by atoms with E-state index in [1.807, 2.05) is 0 Å². The first-order valence-electron chi connectivity index (χ1n) is 3.96. The van der Waals surface area contributed by atoms with Crippen molar-refractivity contribution in [1.29, 1.82) is 0 Å². The first kappa shape index (κ1) is 10.9. The third-order valence-electron chi connectivity index (χ3n) is 2.06. The zero-order chi connectivity index (χ0) is 10.9. The fraction of sp³-hybridized carbons (Fsp3) is 0.333.